The molecule has 0 unspecified atom stereocenters. The Hall–Kier alpha value is -3.07. The van der Waals surface area contributed by atoms with E-state index < -0.39 is 0 Å². The van der Waals surface area contributed by atoms with E-state index in [1.165, 1.54) is 12.8 Å². The fraction of sp³-hybridized carbons (Fsp3) is 0.208. The van der Waals surface area contributed by atoms with Gasteiger partial charge in [0, 0.05) is 13.1 Å². The van der Waals surface area contributed by atoms with E-state index in [0.29, 0.717) is 0 Å². The van der Waals surface area contributed by atoms with Gasteiger partial charge in [-0.05, 0) is 36.1 Å². The maximum Gasteiger partial charge on any atom is 0.236 e. The van der Waals surface area contributed by atoms with Crippen molar-refractivity contribution in [2.45, 2.75) is 18.8 Å². The molecule has 1 amide bonds. The van der Waals surface area contributed by atoms with Gasteiger partial charge in [0.25, 0.3) is 0 Å². The SMILES string of the molecule is O=C(Nc1ccccc1N1CCCC1)C(c1ccccc1)c1ccccc1. The first-order valence-electron chi connectivity index (χ1n) is 9.57. The van der Waals surface area contributed by atoms with Gasteiger partial charge in [-0.25, -0.2) is 0 Å². The van der Waals surface area contributed by atoms with Crippen molar-refractivity contribution in [1.82, 2.24) is 0 Å². The molecule has 0 aliphatic carbocycles. The van der Waals surface area contributed by atoms with Crippen LogP contribution < -0.4 is 10.2 Å². The number of carbonyl (C=O) groups is 1. The Balaban J connectivity index is 1.65. The Morgan fingerprint density at radius 3 is 1.85 bits per heavy atom. The first-order chi connectivity index (χ1) is 13.3. The molecular weight excluding hydrogens is 332 g/mol. The highest BCUT2D eigenvalue weighted by Gasteiger charge is 2.24. The number of amides is 1. The smallest absolute Gasteiger partial charge is 0.236 e. The molecule has 0 spiro atoms. The van der Waals surface area contributed by atoms with Crippen molar-refractivity contribution in [3.8, 4) is 0 Å². The first-order valence-corrected chi connectivity index (χ1v) is 9.57. The zero-order chi connectivity index (χ0) is 18.5. The molecule has 136 valence electrons. The van der Waals surface area contributed by atoms with Crippen LogP contribution in [0.15, 0.2) is 84.9 Å². The summed E-state index contributed by atoms with van der Waals surface area (Å²) < 4.78 is 0. The maximum atomic E-state index is 13.4. The molecule has 0 atom stereocenters. The van der Waals surface area contributed by atoms with Crippen molar-refractivity contribution in [2.24, 2.45) is 0 Å². The average Bonchev–Trinajstić information content (AvgIpc) is 3.25. The zero-order valence-electron chi connectivity index (χ0n) is 15.3. The van der Waals surface area contributed by atoms with Gasteiger partial charge in [-0.1, -0.05) is 72.8 Å². The molecule has 1 N–H and O–H groups in total. The van der Waals surface area contributed by atoms with E-state index in [-0.39, 0.29) is 11.8 Å². The fourth-order valence-corrected chi connectivity index (χ4v) is 3.80. The minimum absolute atomic E-state index is 0.000882. The predicted octanol–water partition coefficient (Wildman–Crippen LogP) is 5.06. The highest BCUT2D eigenvalue weighted by Crippen LogP contribution is 2.31. The molecule has 1 fully saturated rings. The number of nitrogens with one attached hydrogen (secondary N) is 1. The summed E-state index contributed by atoms with van der Waals surface area (Å²) >= 11 is 0. The van der Waals surface area contributed by atoms with Crippen LogP contribution in [0.2, 0.25) is 0 Å². The lowest BCUT2D eigenvalue weighted by Gasteiger charge is -2.23. The van der Waals surface area contributed by atoms with Gasteiger partial charge in [0.15, 0.2) is 0 Å². The lowest BCUT2D eigenvalue weighted by atomic mass is 9.90. The van der Waals surface area contributed by atoms with Crippen LogP contribution in [-0.4, -0.2) is 19.0 Å². The van der Waals surface area contributed by atoms with Crippen LogP contribution in [0.5, 0.6) is 0 Å². The Morgan fingerprint density at radius 2 is 1.26 bits per heavy atom. The number of hydrogen-bond donors (Lipinski definition) is 1. The number of anilines is 2. The van der Waals surface area contributed by atoms with Gasteiger partial charge in [0.05, 0.1) is 17.3 Å². The molecule has 1 heterocycles. The van der Waals surface area contributed by atoms with Gasteiger partial charge in [-0.2, -0.15) is 0 Å². The third kappa shape index (κ3) is 3.87. The second-order valence-electron chi connectivity index (χ2n) is 6.95. The van der Waals surface area contributed by atoms with Gasteiger partial charge < -0.3 is 10.2 Å². The van der Waals surface area contributed by atoms with E-state index in [4.69, 9.17) is 0 Å². The Morgan fingerprint density at radius 1 is 0.741 bits per heavy atom. The van der Waals surface area contributed by atoms with Crippen molar-refractivity contribution in [1.29, 1.82) is 0 Å². The van der Waals surface area contributed by atoms with Crippen molar-refractivity contribution in [3.63, 3.8) is 0 Å². The van der Waals surface area contributed by atoms with E-state index in [2.05, 4.69) is 16.3 Å². The Kier molecular flexibility index (Phi) is 5.20. The monoisotopic (exact) mass is 356 g/mol. The van der Waals surface area contributed by atoms with Gasteiger partial charge in [-0.15, -0.1) is 0 Å². The third-order valence-corrected chi connectivity index (χ3v) is 5.14. The highest BCUT2D eigenvalue weighted by atomic mass is 16.1. The summed E-state index contributed by atoms with van der Waals surface area (Å²) in [4.78, 5) is 15.7. The van der Waals surface area contributed by atoms with Crippen molar-refractivity contribution >= 4 is 17.3 Å². The summed E-state index contributed by atoms with van der Waals surface area (Å²) in [6, 6.07) is 28.1. The van der Waals surface area contributed by atoms with Gasteiger partial charge in [-0.3, -0.25) is 4.79 Å². The van der Waals surface area contributed by atoms with E-state index in [9.17, 15) is 4.79 Å². The number of benzene rings is 3. The molecular formula is C24H24N2O. The number of para-hydroxylation sites is 2. The molecule has 4 rings (SSSR count). The molecule has 27 heavy (non-hydrogen) atoms. The van der Waals surface area contributed by atoms with Crippen LogP contribution in [0.1, 0.15) is 29.9 Å². The Bertz CT molecular complexity index is 847. The van der Waals surface area contributed by atoms with Crippen LogP contribution in [0.3, 0.4) is 0 Å². The number of carbonyl (C=O) groups excluding carboxylic acids is 1. The number of hydrogen-bond acceptors (Lipinski definition) is 2. The molecule has 3 heteroatoms. The van der Waals surface area contributed by atoms with Gasteiger partial charge in [0.1, 0.15) is 0 Å². The molecule has 1 aliphatic heterocycles. The van der Waals surface area contributed by atoms with Gasteiger partial charge in [0.2, 0.25) is 5.91 Å². The van der Waals surface area contributed by atoms with Crippen molar-refractivity contribution < 1.29 is 4.79 Å². The molecule has 3 aromatic rings. The lowest BCUT2D eigenvalue weighted by molar-refractivity contribution is -0.116. The van der Waals surface area contributed by atoms with Crippen LogP contribution in [0.4, 0.5) is 11.4 Å². The molecule has 0 radical (unpaired) electrons. The molecule has 0 saturated carbocycles. The molecule has 1 aliphatic rings. The summed E-state index contributed by atoms with van der Waals surface area (Å²) in [6.45, 7) is 2.10. The first kappa shape index (κ1) is 17.3. The molecule has 1 saturated heterocycles. The summed E-state index contributed by atoms with van der Waals surface area (Å²) in [7, 11) is 0. The Labute approximate surface area is 160 Å². The molecule has 0 bridgehead atoms. The van der Waals surface area contributed by atoms with E-state index >= 15 is 0 Å². The fourth-order valence-electron chi connectivity index (χ4n) is 3.80. The second-order valence-corrected chi connectivity index (χ2v) is 6.95. The molecule has 3 nitrogen and oxygen atoms in total. The number of nitrogens with zero attached hydrogens (tertiary/aromatic N) is 1. The van der Waals surface area contributed by atoms with Crippen LogP contribution >= 0.6 is 0 Å². The normalized spacial score (nSPS) is 13.7. The largest absolute Gasteiger partial charge is 0.370 e. The maximum absolute atomic E-state index is 13.4. The summed E-state index contributed by atoms with van der Waals surface area (Å²) in [5.41, 5.74) is 4.00. The molecule has 3 aromatic carbocycles. The average molecular weight is 356 g/mol. The summed E-state index contributed by atoms with van der Waals surface area (Å²) in [5.74, 6) is -0.335. The summed E-state index contributed by atoms with van der Waals surface area (Å²) in [6.07, 6.45) is 2.41. The van der Waals surface area contributed by atoms with Gasteiger partial charge >= 0.3 is 0 Å². The second kappa shape index (κ2) is 8.09. The van der Waals surface area contributed by atoms with E-state index in [1.54, 1.807) is 0 Å². The third-order valence-electron chi connectivity index (χ3n) is 5.14. The minimum Gasteiger partial charge on any atom is -0.370 e. The quantitative estimate of drug-likeness (QED) is 0.693. The van der Waals surface area contributed by atoms with Crippen LogP contribution in [0.25, 0.3) is 0 Å². The van der Waals surface area contributed by atoms with Crippen LogP contribution in [-0.2, 0) is 4.79 Å². The topological polar surface area (TPSA) is 32.3 Å². The van der Waals surface area contributed by atoms with E-state index in [0.717, 1.165) is 35.6 Å². The lowest BCUT2D eigenvalue weighted by Crippen LogP contribution is -2.25. The predicted molar refractivity (Wildman–Crippen MR) is 111 cm³/mol. The minimum atomic E-state index is -0.334. The zero-order valence-corrected chi connectivity index (χ0v) is 15.3. The standard InChI is InChI=1S/C24H24N2O/c27-24(25-21-15-7-8-16-22(21)26-17-9-10-18-26)23(19-11-3-1-4-12-19)20-13-5-2-6-14-20/h1-8,11-16,23H,9-10,17-18H2,(H,25,27). The van der Waals surface area contributed by atoms with E-state index in [1.807, 2.05) is 78.9 Å². The van der Waals surface area contributed by atoms with Crippen molar-refractivity contribution in [3.05, 3.63) is 96.1 Å². The number of rotatable bonds is 5. The highest BCUT2D eigenvalue weighted by molar-refractivity contribution is 6.00. The molecule has 0 aromatic heterocycles. The van der Waals surface area contributed by atoms with Crippen molar-refractivity contribution in [2.75, 3.05) is 23.3 Å². The summed E-state index contributed by atoms with van der Waals surface area (Å²) in [5, 5.41) is 3.20. The van der Waals surface area contributed by atoms with Crippen LogP contribution in [0, 0.1) is 0 Å².